The van der Waals surface area contributed by atoms with Crippen molar-refractivity contribution >= 4 is 23.6 Å². The molecule has 0 saturated carbocycles. The molecular weight excluding hydrogens is 551 g/mol. The fourth-order valence-corrected chi connectivity index (χ4v) is 4.38. The molecule has 3 heterocycles. The molecule has 1 aromatic carbocycles. The van der Waals surface area contributed by atoms with Crippen LogP contribution in [0.5, 0.6) is 0 Å². The van der Waals surface area contributed by atoms with Gasteiger partial charge in [-0.3, -0.25) is 9.48 Å². The van der Waals surface area contributed by atoms with E-state index in [0.717, 1.165) is 0 Å². The Morgan fingerprint density at radius 2 is 1.81 bits per heavy atom. The van der Waals surface area contributed by atoms with Gasteiger partial charge >= 0.3 is 12.3 Å². The first-order valence-electron chi connectivity index (χ1n) is 13.3. The van der Waals surface area contributed by atoms with Gasteiger partial charge in [-0.25, -0.2) is 14.8 Å². The number of hydrogen-bond donors (Lipinski definition) is 2. The van der Waals surface area contributed by atoms with Crippen molar-refractivity contribution < 1.29 is 27.5 Å². The number of hydrogen-bond acceptors (Lipinski definition) is 7. The van der Waals surface area contributed by atoms with Crippen LogP contribution in [0.3, 0.4) is 0 Å². The summed E-state index contributed by atoms with van der Waals surface area (Å²) in [6.07, 6.45) is 0.137. The number of ether oxygens (including phenoxy) is 1. The van der Waals surface area contributed by atoms with Gasteiger partial charge in [0.15, 0.2) is 0 Å². The lowest BCUT2D eigenvalue weighted by Gasteiger charge is -2.33. The van der Waals surface area contributed by atoms with Gasteiger partial charge in [0.1, 0.15) is 16.9 Å². The van der Waals surface area contributed by atoms with Crippen LogP contribution in [-0.4, -0.2) is 55.3 Å². The molecule has 0 spiro atoms. The molecule has 1 fully saturated rings. The van der Waals surface area contributed by atoms with Gasteiger partial charge in [0, 0.05) is 31.0 Å². The van der Waals surface area contributed by atoms with E-state index in [-0.39, 0.29) is 18.1 Å². The van der Waals surface area contributed by atoms with Gasteiger partial charge in [-0.05, 0) is 58.1 Å². The van der Waals surface area contributed by atoms with Crippen molar-refractivity contribution in [2.24, 2.45) is 5.73 Å². The van der Waals surface area contributed by atoms with Crippen molar-refractivity contribution in [2.75, 3.05) is 18.4 Å². The van der Waals surface area contributed by atoms with Crippen molar-refractivity contribution in [3.05, 3.63) is 65.2 Å². The second-order valence-corrected chi connectivity index (χ2v) is 10.9. The number of carbonyl (C=O) groups excluding carboxylic acids is 2. The smallest absolute Gasteiger partial charge is 0.420 e. The molecule has 42 heavy (non-hydrogen) atoms. The molecule has 2 amide bonds. The zero-order valence-corrected chi connectivity index (χ0v) is 23.7. The maximum atomic E-state index is 13.7. The van der Waals surface area contributed by atoms with E-state index in [4.69, 9.17) is 10.5 Å². The van der Waals surface area contributed by atoms with E-state index < -0.39 is 34.9 Å². The number of rotatable bonds is 5. The fourth-order valence-electron chi connectivity index (χ4n) is 4.38. The van der Waals surface area contributed by atoms with Gasteiger partial charge in [-0.2, -0.15) is 18.3 Å². The van der Waals surface area contributed by atoms with E-state index in [1.54, 1.807) is 47.0 Å². The molecule has 2 aromatic heterocycles. The molecule has 0 aliphatic carbocycles. The highest BCUT2D eigenvalue weighted by Gasteiger charge is 2.35. The zero-order chi connectivity index (χ0) is 30.7. The number of carbonyl (C=O) groups is 2. The van der Waals surface area contributed by atoms with Gasteiger partial charge in [-0.1, -0.05) is 24.1 Å². The average Bonchev–Trinajstić information content (AvgIpc) is 3.38. The number of halogens is 3. The van der Waals surface area contributed by atoms with Crippen LogP contribution in [0.4, 0.5) is 29.6 Å². The van der Waals surface area contributed by atoms with Crippen LogP contribution in [0.25, 0.3) is 0 Å². The second-order valence-electron chi connectivity index (χ2n) is 10.9. The Hall–Kier alpha value is -4.60. The third-order valence-electron chi connectivity index (χ3n) is 6.61. The molecule has 13 heteroatoms. The fraction of sp³-hybridized carbons (Fsp3) is 0.414. The third-order valence-corrected chi connectivity index (χ3v) is 6.61. The first kappa shape index (κ1) is 30.4. The largest absolute Gasteiger partial charge is 0.444 e. The van der Waals surface area contributed by atoms with Gasteiger partial charge < -0.3 is 20.7 Å². The molecule has 4 rings (SSSR count). The number of alkyl halides is 3. The van der Waals surface area contributed by atoms with Crippen LogP contribution in [-0.2, 0) is 15.7 Å². The Morgan fingerprint density at radius 3 is 2.45 bits per heavy atom. The van der Waals surface area contributed by atoms with Gasteiger partial charge in [0.25, 0.3) is 0 Å². The molecule has 0 bridgehead atoms. The zero-order valence-electron chi connectivity index (χ0n) is 23.7. The second kappa shape index (κ2) is 12.1. The molecule has 1 aliphatic rings. The minimum atomic E-state index is -4.73. The molecule has 1 unspecified atom stereocenters. The lowest BCUT2D eigenvalue weighted by Crippen LogP contribution is -2.42. The first-order valence-corrected chi connectivity index (χ1v) is 13.3. The minimum Gasteiger partial charge on any atom is -0.444 e. The van der Waals surface area contributed by atoms with E-state index in [0.29, 0.717) is 48.9 Å². The predicted molar refractivity (Wildman–Crippen MR) is 149 cm³/mol. The van der Waals surface area contributed by atoms with E-state index in [1.165, 1.54) is 6.20 Å². The molecule has 10 nitrogen and oxygen atoms in total. The molecule has 0 radical (unpaired) electrons. The van der Waals surface area contributed by atoms with E-state index in [2.05, 4.69) is 32.2 Å². The van der Waals surface area contributed by atoms with Crippen LogP contribution in [0, 0.1) is 11.8 Å². The monoisotopic (exact) mass is 583 g/mol. The molecule has 222 valence electrons. The van der Waals surface area contributed by atoms with Crippen molar-refractivity contribution in [1.82, 2.24) is 24.6 Å². The highest BCUT2D eigenvalue weighted by atomic mass is 19.4. The number of anilines is 2. The van der Waals surface area contributed by atoms with Crippen molar-refractivity contribution in [3.8, 4) is 11.8 Å². The van der Waals surface area contributed by atoms with E-state index in [1.807, 2.05) is 20.8 Å². The highest BCUT2D eigenvalue weighted by molar-refractivity contribution is 5.82. The number of benzene rings is 1. The predicted octanol–water partition coefficient (Wildman–Crippen LogP) is 5.00. The summed E-state index contributed by atoms with van der Waals surface area (Å²) in [5.41, 5.74) is 4.57. The summed E-state index contributed by atoms with van der Waals surface area (Å²) in [5, 5.41) is 7.27. The number of nitrogens with zero attached hydrogens (tertiary/aromatic N) is 5. The van der Waals surface area contributed by atoms with Gasteiger partial charge in [0.05, 0.1) is 23.8 Å². The average molecular weight is 584 g/mol. The molecule has 1 aliphatic heterocycles. The van der Waals surface area contributed by atoms with E-state index in [9.17, 15) is 22.8 Å². The summed E-state index contributed by atoms with van der Waals surface area (Å²) in [7, 11) is 0. The number of amides is 2. The van der Waals surface area contributed by atoms with Crippen molar-refractivity contribution in [3.63, 3.8) is 0 Å². The summed E-state index contributed by atoms with van der Waals surface area (Å²) in [6, 6.07) is 6.63. The summed E-state index contributed by atoms with van der Waals surface area (Å²) in [6.45, 7) is 8.07. The van der Waals surface area contributed by atoms with E-state index >= 15 is 0 Å². The summed E-state index contributed by atoms with van der Waals surface area (Å²) in [5.74, 6) is 3.86. The summed E-state index contributed by atoms with van der Waals surface area (Å²) in [4.78, 5) is 33.6. The van der Waals surface area contributed by atoms with Gasteiger partial charge in [-0.15, -0.1) is 0 Å². The van der Waals surface area contributed by atoms with Crippen LogP contribution < -0.4 is 11.1 Å². The Morgan fingerprint density at radius 1 is 1.12 bits per heavy atom. The van der Waals surface area contributed by atoms with Crippen LogP contribution >= 0.6 is 0 Å². The molecule has 1 saturated heterocycles. The molecule has 1 atom stereocenters. The number of nitrogens with one attached hydrogen (secondary N) is 1. The Labute approximate surface area is 241 Å². The maximum Gasteiger partial charge on any atom is 0.420 e. The number of nitrogens with two attached hydrogens (primary N) is 1. The SMILES string of the molecule is CC(C(N)=O)c1ccccc1C#Cc1nc(Nc2cnn(C3CCN(C(=O)OC(C)(C)C)CC3)c2)ncc1C(F)(F)F. The maximum absolute atomic E-state index is 13.7. The van der Waals surface area contributed by atoms with Crippen LogP contribution in [0.1, 0.15) is 74.9 Å². The molecule has 3 N–H and O–H groups in total. The third kappa shape index (κ3) is 7.57. The van der Waals surface area contributed by atoms with Crippen molar-refractivity contribution in [1.29, 1.82) is 0 Å². The van der Waals surface area contributed by atoms with Crippen molar-refractivity contribution in [2.45, 2.75) is 64.3 Å². The molecule has 3 aromatic rings. The van der Waals surface area contributed by atoms with Crippen LogP contribution in [0.2, 0.25) is 0 Å². The topological polar surface area (TPSA) is 128 Å². The number of aromatic nitrogens is 4. The summed E-state index contributed by atoms with van der Waals surface area (Å²) < 4.78 is 48.4. The highest BCUT2D eigenvalue weighted by Crippen LogP contribution is 2.32. The Balaban J connectivity index is 1.51. The minimum absolute atomic E-state index is 0.0250. The summed E-state index contributed by atoms with van der Waals surface area (Å²) >= 11 is 0. The Kier molecular flexibility index (Phi) is 8.75. The van der Waals surface area contributed by atoms with Gasteiger partial charge in [0.2, 0.25) is 11.9 Å². The lowest BCUT2D eigenvalue weighted by atomic mass is 9.95. The van der Waals surface area contributed by atoms with Crippen LogP contribution in [0.15, 0.2) is 42.9 Å². The Bertz CT molecular complexity index is 1510. The lowest BCUT2D eigenvalue weighted by molar-refractivity contribution is -0.138. The standard InChI is InChI=1S/C29H32F3N7O3/c1-18(25(33)40)22-8-6-5-7-19(22)9-10-24-23(29(30,31)32)16-34-26(37-24)36-20-15-35-39(17-20)21-11-13-38(14-12-21)27(41)42-28(2,3)4/h5-8,15-18,21H,11-14H2,1-4H3,(H2,33,40)(H,34,36,37). The number of primary amides is 1. The first-order chi connectivity index (χ1) is 19.7. The normalized spacial score (nSPS) is 15.0. The number of piperidine rings is 1. The molecular formula is C29H32F3N7O3. The quantitative estimate of drug-likeness (QED) is 0.405. The number of likely N-dealkylation sites (tertiary alicyclic amines) is 1.